The van der Waals surface area contributed by atoms with Crippen molar-refractivity contribution >= 4 is 17.3 Å². The molecule has 0 bridgehead atoms. The minimum Gasteiger partial charge on any atom is -0.398 e. The van der Waals surface area contributed by atoms with Crippen molar-refractivity contribution in [1.29, 1.82) is 0 Å². The fraction of sp³-hybridized carbons (Fsp3) is 0.571. The third kappa shape index (κ3) is 2.93. The van der Waals surface area contributed by atoms with Crippen molar-refractivity contribution in [3.63, 3.8) is 0 Å². The molecule has 3 heteroatoms. The van der Waals surface area contributed by atoms with Crippen molar-refractivity contribution < 1.29 is 0 Å². The number of benzene rings is 1. The smallest absolute Gasteiger partial charge is 0.0638 e. The maximum Gasteiger partial charge on any atom is 0.0638 e. The van der Waals surface area contributed by atoms with Crippen LogP contribution in [-0.4, -0.2) is 17.5 Å². The zero-order valence-corrected chi connectivity index (χ0v) is 11.4. The van der Waals surface area contributed by atoms with E-state index in [1.54, 1.807) is 0 Å². The monoisotopic (exact) mass is 252 g/mol. The van der Waals surface area contributed by atoms with Gasteiger partial charge in [0.05, 0.1) is 10.7 Å². The molecular weight excluding hydrogens is 232 g/mol. The van der Waals surface area contributed by atoms with Crippen molar-refractivity contribution in [3.05, 3.63) is 28.8 Å². The van der Waals surface area contributed by atoms with Crippen molar-refractivity contribution in [2.24, 2.45) is 5.92 Å². The first-order valence-corrected chi connectivity index (χ1v) is 6.73. The Kier molecular flexibility index (Phi) is 3.95. The van der Waals surface area contributed by atoms with Gasteiger partial charge in [-0.1, -0.05) is 24.6 Å². The van der Waals surface area contributed by atoms with Crippen LogP contribution < -0.4 is 5.73 Å². The molecule has 17 heavy (non-hydrogen) atoms. The summed E-state index contributed by atoms with van der Waals surface area (Å²) >= 11 is 6.05. The van der Waals surface area contributed by atoms with Crippen LogP contribution >= 0.6 is 11.6 Å². The first kappa shape index (κ1) is 12.7. The molecule has 0 spiro atoms. The SMILES string of the molecule is CC1CCCN(Cc2ccc(N)c(Cl)c2)C1C. The molecule has 2 rings (SSSR count). The van der Waals surface area contributed by atoms with Crippen LogP contribution in [0.25, 0.3) is 0 Å². The van der Waals surface area contributed by atoms with E-state index in [0.29, 0.717) is 16.8 Å². The first-order chi connectivity index (χ1) is 8.08. The van der Waals surface area contributed by atoms with Crippen molar-refractivity contribution in [1.82, 2.24) is 4.90 Å². The lowest BCUT2D eigenvalue weighted by Crippen LogP contribution is -2.41. The Morgan fingerprint density at radius 1 is 1.41 bits per heavy atom. The predicted octanol–water partition coefficient (Wildman–Crippen LogP) is 3.54. The van der Waals surface area contributed by atoms with Crippen molar-refractivity contribution in [2.45, 2.75) is 39.3 Å². The van der Waals surface area contributed by atoms with Gasteiger partial charge in [0.2, 0.25) is 0 Å². The summed E-state index contributed by atoms with van der Waals surface area (Å²) in [5, 5.41) is 0.667. The lowest BCUT2D eigenvalue weighted by atomic mass is 9.92. The van der Waals surface area contributed by atoms with Gasteiger partial charge in [0, 0.05) is 12.6 Å². The molecule has 1 aromatic carbocycles. The lowest BCUT2D eigenvalue weighted by Gasteiger charge is -2.38. The molecule has 0 radical (unpaired) electrons. The minimum atomic E-state index is 0.653. The topological polar surface area (TPSA) is 29.3 Å². The molecule has 0 aliphatic carbocycles. The van der Waals surface area contributed by atoms with Crippen LogP contribution in [0.1, 0.15) is 32.3 Å². The van der Waals surface area contributed by atoms with Crippen molar-refractivity contribution in [2.75, 3.05) is 12.3 Å². The van der Waals surface area contributed by atoms with E-state index in [1.807, 2.05) is 12.1 Å². The standard InChI is InChI=1S/C14H21ClN2/c1-10-4-3-7-17(11(10)2)9-12-5-6-14(16)13(15)8-12/h5-6,8,10-11H,3-4,7,9,16H2,1-2H3. The Morgan fingerprint density at radius 3 is 2.88 bits per heavy atom. The van der Waals surface area contributed by atoms with E-state index < -0.39 is 0 Å². The Bertz CT molecular complexity index is 392. The number of hydrogen-bond donors (Lipinski definition) is 1. The number of anilines is 1. The predicted molar refractivity (Wildman–Crippen MR) is 74.1 cm³/mol. The fourth-order valence-corrected chi connectivity index (χ4v) is 2.75. The molecule has 1 saturated heterocycles. The molecule has 1 heterocycles. The summed E-state index contributed by atoms with van der Waals surface area (Å²) in [5.74, 6) is 0.785. The van der Waals surface area contributed by atoms with E-state index in [1.165, 1.54) is 24.9 Å². The highest BCUT2D eigenvalue weighted by Crippen LogP contribution is 2.26. The highest BCUT2D eigenvalue weighted by atomic mass is 35.5. The van der Waals surface area contributed by atoms with Gasteiger partial charge in [0.15, 0.2) is 0 Å². The summed E-state index contributed by atoms with van der Waals surface area (Å²) in [6.07, 6.45) is 2.65. The fourth-order valence-electron chi connectivity index (χ4n) is 2.55. The molecule has 2 N–H and O–H groups in total. The summed E-state index contributed by atoms with van der Waals surface area (Å²) in [5.41, 5.74) is 7.64. The molecular formula is C14H21ClN2. The Balaban J connectivity index is 2.07. The number of nitrogens with zero attached hydrogens (tertiary/aromatic N) is 1. The molecule has 94 valence electrons. The molecule has 0 aromatic heterocycles. The summed E-state index contributed by atoms with van der Waals surface area (Å²) < 4.78 is 0. The normalized spacial score (nSPS) is 26.1. The minimum absolute atomic E-state index is 0.653. The number of rotatable bonds is 2. The van der Waals surface area contributed by atoms with Gasteiger partial charge in [-0.25, -0.2) is 0 Å². The molecule has 2 unspecified atom stereocenters. The van der Waals surface area contributed by atoms with Crippen LogP contribution in [0.2, 0.25) is 5.02 Å². The van der Waals surface area contributed by atoms with Crippen LogP contribution in [0.15, 0.2) is 18.2 Å². The van der Waals surface area contributed by atoms with E-state index in [4.69, 9.17) is 17.3 Å². The van der Waals surface area contributed by atoms with Crippen molar-refractivity contribution in [3.8, 4) is 0 Å². The van der Waals surface area contributed by atoms with Gasteiger partial charge < -0.3 is 5.73 Å². The molecule has 1 fully saturated rings. The van der Waals surface area contributed by atoms with E-state index in [2.05, 4.69) is 24.8 Å². The number of nitrogens with two attached hydrogens (primary N) is 1. The second kappa shape index (κ2) is 5.28. The van der Waals surface area contributed by atoms with E-state index >= 15 is 0 Å². The van der Waals surface area contributed by atoms with Crippen LogP contribution in [-0.2, 0) is 6.54 Å². The van der Waals surface area contributed by atoms with Crippen LogP contribution in [0, 0.1) is 5.92 Å². The Morgan fingerprint density at radius 2 is 2.18 bits per heavy atom. The molecule has 2 nitrogen and oxygen atoms in total. The number of hydrogen-bond acceptors (Lipinski definition) is 2. The highest BCUT2D eigenvalue weighted by molar-refractivity contribution is 6.33. The van der Waals surface area contributed by atoms with Gasteiger partial charge >= 0.3 is 0 Å². The van der Waals surface area contributed by atoms with Gasteiger partial charge in [0.25, 0.3) is 0 Å². The maximum atomic E-state index is 6.05. The third-order valence-electron chi connectivity index (χ3n) is 3.95. The Hall–Kier alpha value is -0.730. The molecule has 2 atom stereocenters. The summed E-state index contributed by atoms with van der Waals surface area (Å²) in [6.45, 7) is 6.83. The lowest BCUT2D eigenvalue weighted by molar-refractivity contribution is 0.106. The van der Waals surface area contributed by atoms with E-state index in [-0.39, 0.29) is 0 Å². The van der Waals surface area contributed by atoms with Gasteiger partial charge in [-0.05, 0) is 49.9 Å². The Labute approximate surface area is 109 Å². The summed E-state index contributed by atoms with van der Waals surface area (Å²) in [7, 11) is 0. The van der Waals surface area contributed by atoms with Crippen LogP contribution in [0.5, 0.6) is 0 Å². The maximum absolute atomic E-state index is 6.05. The number of halogens is 1. The second-order valence-corrected chi connectivity index (χ2v) is 5.59. The molecule has 0 amide bonds. The van der Waals surface area contributed by atoms with Gasteiger partial charge in [0.1, 0.15) is 0 Å². The third-order valence-corrected chi connectivity index (χ3v) is 4.28. The summed E-state index contributed by atoms with van der Waals surface area (Å²) in [6, 6.07) is 6.62. The number of likely N-dealkylation sites (tertiary alicyclic amines) is 1. The quantitative estimate of drug-likeness (QED) is 0.816. The average molecular weight is 253 g/mol. The number of nitrogen functional groups attached to an aromatic ring is 1. The van der Waals surface area contributed by atoms with Crippen LogP contribution in [0.3, 0.4) is 0 Å². The summed E-state index contributed by atoms with van der Waals surface area (Å²) in [4.78, 5) is 2.54. The largest absolute Gasteiger partial charge is 0.398 e. The second-order valence-electron chi connectivity index (χ2n) is 5.19. The highest BCUT2D eigenvalue weighted by Gasteiger charge is 2.24. The average Bonchev–Trinajstić information content (AvgIpc) is 2.30. The number of piperidine rings is 1. The van der Waals surface area contributed by atoms with Gasteiger partial charge in [-0.3, -0.25) is 4.90 Å². The zero-order valence-electron chi connectivity index (χ0n) is 10.6. The zero-order chi connectivity index (χ0) is 12.4. The molecule has 1 aliphatic rings. The molecule has 1 aliphatic heterocycles. The van der Waals surface area contributed by atoms with Gasteiger partial charge in [-0.15, -0.1) is 0 Å². The van der Waals surface area contributed by atoms with E-state index in [0.717, 1.165) is 12.5 Å². The van der Waals surface area contributed by atoms with E-state index in [9.17, 15) is 0 Å². The van der Waals surface area contributed by atoms with Crippen LogP contribution in [0.4, 0.5) is 5.69 Å². The van der Waals surface area contributed by atoms with Gasteiger partial charge in [-0.2, -0.15) is 0 Å². The molecule has 1 aromatic rings. The first-order valence-electron chi connectivity index (χ1n) is 6.36. The molecule has 0 saturated carbocycles.